The van der Waals surface area contributed by atoms with Gasteiger partial charge in [-0.25, -0.2) is 0 Å². The summed E-state index contributed by atoms with van der Waals surface area (Å²) in [6, 6.07) is 3.87. The van der Waals surface area contributed by atoms with Gasteiger partial charge in [0.1, 0.15) is 11.4 Å². The van der Waals surface area contributed by atoms with Crippen molar-refractivity contribution in [2.75, 3.05) is 6.54 Å². The highest BCUT2D eigenvalue weighted by atomic mass is 16.5. The lowest BCUT2D eigenvalue weighted by Crippen LogP contribution is -2.23. The Kier molecular flexibility index (Phi) is 4.09. The van der Waals surface area contributed by atoms with E-state index < -0.39 is 0 Å². The Balaban J connectivity index is 2.66. The van der Waals surface area contributed by atoms with Crippen molar-refractivity contribution >= 4 is 0 Å². The fourth-order valence-electron chi connectivity index (χ4n) is 1.22. The summed E-state index contributed by atoms with van der Waals surface area (Å²) in [5.41, 5.74) is 0.857. The normalized spacial score (nSPS) is 11.5. The molecule has 0 unspecified atom stereocenters. The predicted octanol–water partition coefficient (Wildman–Crippen LogP) is 2.37. The van der Waals surface area contributed by atoms with Crippen molar-refractivity contribution in [2.45, 2.75) is 39.8 Å². The van der Waals surface area contributed by atoms with Gasteiger partial charge in [-0.3, -0.25) is 4.98 Å². The lowest BCUT2D eigenvalue weighted by Gasteiger charge is -2.21. The summed E-state index contributed by atoms with van der Waals surface area (Å²) in [6.07, 6.45) is 1.79. The standard InChI is InChI=1S/C12H20N2O/c1-5-13-9-10-8-11(6-7-14-10)15-12(2,3)4/h6-8,13H,5,9H2,1-4H3. The second kappa shape index (κ2) is 5.12. The molecule has 1 rings (SSSR count). The molecule has 15 heavy (non-hydrogen) atoms. The van der Waals surface area contributed by atoms with Gasteiger partial charge < -0.3 is 10.1 Å². The number of pyridine rings is 1. The molecule has 0 saturated carbocycles. The van der Waals surface area contributed by atoms with Gasteiger partial charge in [-0.1, -0.05) is 6.92 Å². The summed E-state index contributed by atoms with van der Waals surface area (Å²) in [5.74, 6) is 0.880. The second-order valence-corrected chi connectivity index (χ2v) is 4.48. The third kappa shape index (κ3) is 4.79. The zero-order chi connectivity index (χ0) is 11.3. The molecule has 0 atom stereocenters. The van der Waals surface area contributed by atoms with Crippen LogP contribution in [0.25, 0.3) is 0 Å². The molecule has 0 amide bonds. The molecule has 0 radical (unpaired) electrons. The molecule has 0 aliphatic rings. The average molecular weight is 208 g/mol. The fourth-order valence-corrected chi connectivity index (χ4v) is 1.22. The maximum absolute atomic E-state index is 5.75. The van der Waals surface area contributed by atoms with E-state index in [1.165, 1.54) is 0 Å². The van der Waals surface area contributed by atoms with E-state index >= 15 is 0 Å². The van der Waals surface area contributed by atoms with Crippen LogP contribution in [0.5, 0.6) is 5.75 Å². The molecule has 3 nitrogen and oxygen atoms in total. The Morgan fingerprint density at radius 3 is 2.73 bits per heavy atom. The number of rotatable bonds is 4. The van der Waals surface area contributed by atoms with Crippen molar-refractivity contribution in [1.82, 2.24) is 10.3 Å². The largest absolute Gasteiger partial charge is 0.488 e. The highest BCUT2D eigenvalue weighted by Crippen LogP contribution is 2.17. The van der Waals surface area contributed by atoms with Gasteiger partial charge >= 0.3 is 0 Å². The fraction of sp³-hybridized carbons (Fsp3) is 0.583. The van der Waals surface area contributed by atoms with E-state index in [0.29, 0.717) is 0 Å². The van der Waals surface area contributed by atoms with Crippen LogP contribution in [0.2, 0.25) is 0 Å². The quantitative estimate of drug-likeness (QED) is 0.824. The SMILES string of the molecule is CCNCc1cc(OC(C)(C)C)ccn1. The molecule has 1 aromatic heterocycles. The van der Waals surface area contributed by atoms with Gasteiger partial charge in [0.2, 0.25) is 0 Å². The summed E-state index contributed by atoms with van der Waals surface area (Å²) in [6.45, 7) is 9.94. The van der Waals surface area contributed by atoms with E-state index in [1.54, 1.807) is 6.20 Å². The minimum absolute atomic E-state index is 0.156. The number of aromatic nitrogens is 1. The molecule has 0 spiro atoms. The van der Waals surface area contributed by atoms with Crippen molar-refractivity contribution < 1.29 is 4.74 Å². The van der Waals surface area contributed by atoms with Crippen LogP contribution in [0.15, 0.2) is 18.3 Å². The molecule has 1 N–H and O–H groups in total. The minimum atomic E-state index is -0.156. The van der Waals surface area contributed by atoms with E-state index in [-0.39, 0.29) is 5.60 Å². The Morgan fingerprint density at radius 1 is 1.40 bits per heavy atom. The van der Waals surface area contributed by atoms with Crippen LogP contribution in [-0.4, -0.2) is 17.1 Å². The monoisotopic (exact) mass is 208 g/mol. The van der Waals surface area contributed by atoms with E-state index in [9.17, 15) is 0 Å². The Bertz CT molecular complexity index is 305. The van der Waals surface area contributed by atoms with Crippen molar-refractivity contribution in [3.8, 4) is 5.75 Å². The van der Waals surface area contributed by atoms with Gasteiger partial charge in [-0.15, -0.1) is 0 Å². The first-order valence-electron chi connectivity index (χ1n) is 5.36. The number of nitrogens with one attached hydrogen (secondary N) is 1. The first kappa shape index (κ1) is 12.0. The van der Waals surface area contributed by atoms with Crippen molar-refractivity contribution in [3.05, 3.63) is 24.0 Å². The molecule has 3 heteroatoms. The number of hydrogen-bond donors (Lipinski definition) is 1. The molecule has 84 valence electrons. The predicted molar refractivity (Wildman–Crippen MR) is 62.0 cm³/mol. The molecule has 0 fully saturated rings. The summed E-state index contributed by atoms with van der Waals surface area (Å²) in [5, 5.41) is 3.24. The lowest BCUT2D eigenvalue weighted by atomic mass is 10.2. The molecular formula is C12H20N2O. The molecule has 0 aliphatic heterocycles. The van der Waals surface area contributed by atoms with Gasteiger partial charge in [-0.05, 0) is 33.4 Å². The summed E-state index contributed by atoms with van der Waals surface area (Å²) in [4.78, 5) is 4.26. The highest BCUT2D eigenvalue weighted by Gasteiger charge is 2.11. The molecular weight excluding hydrogens is 188 g/mol. The summed E-state index contributed by atoms with van der Waals surface area (Å²) < 4.78 is 5.75. The van der Waals surface area contributed by atoms with Crippen molar-refractivity contribution in [2.24, 2.45) is 0 Å². The smallest absolute Gasteiger partial charge is 0.123 e. The number of nitrogens with zero attached hydrogens (tertiary/aromatic N) is 1. The van der Waals surface area contributed by atoms with Gasteiger partial charge in [0.25, 0.3) is 0 Å². The Labute approximate surface area is 91.9 Å². The van der Waals surface area contributed by atoms with Gasteiger partial charge in [0.15, 0.2) is 0 Å². The van der Waals surface area contributed by atoms with Gasteiger partial charge in [0.05, 0.1) is 5.69 Å². The maximum atomic E-state index is 5.75. The summed E-state index contributed by atoms with van der Waals surface area (Å²) >= 11 is 0. The Hall–Kier alpha value is -1.09. The molecule has 1 aromatic rings. The molecule has 0 saturated heterocycles. The lowest BCUT2D eigenvalue weighted by molar-refractivity contribution is 0.130. The van der Waals surface area contributed by atoms with Gasteiger partial charge in [-0.2, -0.15) is 0 Å². The minimum Gasteiger partial charge on any atom is -0.488 e. The van der Waals surface area contributed by atoms with Crippen molar-refractivity contribution in [3.63, 3.8) is 0 Å². The molecule has 0 aliphatic carbocycles. The maximum Gasteiger partial charge on any atom is 0.123 e. The van der Waals surface area contributed by atoms with E-state index in [0.717, 1.165) is 24.5 Å². The Morgan fingerprint density at radius 2 is 2.13 bits per heavy atom. The topological polar surface area (TPSA) is 34.1 Å². The number of hydrogen-bond acceptors (Lipinski definition) is 3. The van der Waals surface area contributed by atoms with Crippen LogP contribution >= 0.6 is 0 Å². The summed E-state index contributed by atoms with van der Waals surface area (Å²) in [7, 11) is 0. The number of ether oxygens (including phenoxy) is 1. The first-order valence-corrected chi connectivity index (χ1v) is 5.36. The zero-order valence-corrected chi connectivity index (χ0v) is 10.0. The first-order chi connectivity index (χ1) is 7.01. The van der Waals surface area contributed by atoms with Crippen LogP contribution < -0.4 is 10.1 Å². The van der Waals surface area contributed by atoms with Crippen LogP contribution in [-0.2, 0) is 6.54 Å². The van der Waals surface area contributed by atoms with E-state index in [2.05, 4.69) is 17.2 Å². The van der Waals surface area contributed by atoms with Crippen LogP contribution in [0.1, 0.15) is 33.4 Å². The third-order valence-corrected chi connectivity index (χ3v) is 1.77. The van der Waals surface area contributed by atoms with Crippen LogP contribution in [0.4, 0.5) is 0 Å². The van der Waals surface area contributed by atoms with Crippen LogP contribution in [0.3, 0.4) is 0 Å². The van der Waals surface area contributed by atoms with E-state index in [1.807, 2.05) is 32.9 Å². The second-order valence-electron chi connectivity index (χ2n) is 4.48. The van der Waals surface area contributed by atoms with Crippen molar-refractivity contribution in [1.29, 1.82) is 0 Å². The molecule has 1 heterocycles. The third-order valence-electron chi connectivity index (χ3n) is 1.77. The average Bonchev–Trinajstić information content (AvgIpc) is 2.12. The van der Waals surface area contributed by atoms with E-state index in [4.69, 9.17) is 4.74 Å². The molecule has 0 aromatic carbocycles. The molecule has 0 bridgehead atoms. The highest BCUT2D eigenvalue weighted by molar-refractivity contribution is 5.23. The van der Waals surface area contributed by atoms with Crippen LogP contribution in [0, 0.1) is 0 Å². The zero-order valence-electron chi connectivity index (χ0n) is 10.0. The van der Waals surface area contributed by atoms with Gasteiger partial charge in [0, 0.05) is 18.8 Å².